The number of fused-ring (bicyclic) bond motifs is 2. The number of hydrogen-bond donors (Lipinski definition) is 0. The van der Waals surface area contributed by atoms with E-state index in [4.69, 9.17) is 0 Å². The van der Waals surface area contributed by atoms with Gasteiger partial charge in [-0.3, -0.25) is 24.1 Å². The van der Waals surface area contributed by atoms with E-state index in [0.717, 1.165) is 4.90 Å². The zero-order valence-electron chi connectivity index (χ0n) is 14.9. The molecule has 136 valence electrons. The summed E-state index contributed by atoms with van der Waals surface area (Å²) < 4.78 is -0.505. The number of carbonyl (C=O) groups excluding carboxylic acids is 4. The first-order valence-electron chi connectivity index (χ1n) is 8.35. The average Bonchev–Trinajstić information content (AvgIpc) is 2.98. The van der Waals surface area contributed by atoms with Gasteiger partial charge in [0, 0.05) is 18.8 Å². The van der Waals surface area contributed by atoms with Crippen molar-refractivity contribution < 1.29 is 19.2 Å². The molecular formula is C18H19N3O4S. The molecule has 3 aliphatic heterocycles. The third-order valence-electron chi connectivity index (χ3n) is 5.19. The first-order chi connectivity index (χ1) is 12.2. The lowest BCUT2D eigenvalue weighted by Crippen LogP contribution is -2.72. The summed E-state index contributed by atoms with van der Waals surface area (Å²) in [6.45, 7) is 3.82. The highest BCUT2D eigenvalue weighted by Gasteiger charge is 2.67. The van der Waals surface area contributed by atoms with E-state index in [9.17, 15) is 19.2 Å². The Bertz CT molecular complexity index is 831. The lowest BCUT2D eigenvalue weighted by Gasteiger charge is -2.47. The predicted molar refractivity (Wildman–Crippen MR) is 95.5 cm³/mol. The Morgan fingerprint density at radius 2 is 1.62 bits per heavy atom. The van der Waals surface area contributed by atoms with Crippen LogP contribution >= 0.6 is 11.8 Å². The number of imide groups is 1. The molecule has 3 atom stereocenters. The number of likely N-dealkylation sites (N-methyl/N-ethyl adjacent to an activating group) is 1. The highest BCUT2D eigenvalue weighted by atomic mass is 32.2. The van der Waals surface area contributed by atoms with Gasteiger partial charge in [0.2, 0.25) is 5.91 Å². The van der Waals surface area contributed by atoms with Crippen molar-refractivity contribution in [1.29, 1.82) is 0 Å². The minimum atomic E-state index is -0.855. The number of benzene rings is 1. The molecule has 0 aromatic heterocycles. The fourth-order valence-corrected chi connectivity index (χ4v) is 5.61. The van der Waals surface area contributed by atoms with Gasteiger partial charge in [-0.25, -0.2) is 0 Å². The van der Waals surface area contributed by atoms with Crippen molar-refractivity contribution >= 4 is 35.4 Å². The summed E-state index contributed by atoms with van der Waals surface area (Å²) in [7, 11) is 3.31. The van der Waals surface area contributed by atoms with Crippen LogP contribution in [0.25, 0.3) is 0 Å². The molecule has 8 heteroatoms. The Morgan fingerprint density at radius 1 is 1.08 bits per heavy atom. The summed E-state index contributed by atoms with van der Waals surface area (Å²) in [6.07, 6.45) is 0. The van der Waals surface area contributed by atoms with E-state index in [1.54, 1.807) is 38.4 Å². The van der Waals surface area contributed by atoms with Crippen molar-refractivity contribution in [2.75, 3.05) is 14.1 Å². The Labute approximate surface area is 155 Å². The summed E-state index contributed by atoms with van der Waals surface area (Å²) in [6, 6.07) is 5.13. The van der Waals surface area contributed by atoms with Gasteiger partial charge in [-0.2, -0.15) is 0 Å². The van der Waals surface area contributed by atoms with Crippen LogP contribution in [0.4, 0.5) is 0 Å². The van der Waals surface area contributed by atoms with Crippen LogP contribution in [0.1, 0.15) is 34.6 Å². The Hall–Kier alpha value is -2.35. The topological polar surface area (TPSA) is 78.0 Å². The average molecular weight is 373 g/mol. The Morgan fingerprint density at radius 3 is 2.12 bits per heavy atom. The first-order valence-corrected chi connectivity index (χ1v) is 9.23. The molecule has 0 aliphatic carbocycles. The number of thioether (sulfide) groups is 1. The van der Waals surface area contributed by atoms with Gasteiger partial charge in [-0.05, 0) is 26.0 Å². The fourth-order valence-electron chi connectivity index (χ4n) is 3.94. The van der Waals surface area contributed by atoms with Crippen LogP contribution in [0.3, 0.4) is 0 Å². The molecule has 4 amide bonds. The molecule has 2 fully saturated rings. The molecule has 4 rings (SSSR count). The normalized spacial score (nSPS) is 28.8. The minimum Gasteiger partial charge on any atom is -0.347 e. The first kappa shape index (κ1) is 17.1. The second kappa shape index (κ2) is 5.33. The lowest BCUT2D eigenvalue weighted by atomic mass is 9.94. The second-order valence-electron chi connectivity index (χ2n) is 7.46. The van der Waals surface area contributed by atoms with Crippen LogP contribution < -0.4 is 0 Å². The third kappa shape index (κ3) is 2.02. The van der Waals surface area contributed by atoms with E-state index in [2.05, 4.69) is 0 Å². The molecule has 0 saturated carbocycles. The van der Waals surface area contributed by atoms with Gasteiger partial charge in [-0.15, -0.1) is 11.8 Å². The molecule has 1 aromatic rings. The molecule has 0 spiro atoms. The maximum Gasteiger partial charge on any atom is 0.262 e. The van der Waals surface area contributed by atoms with E-state index < -0.39 is 34.0 Å². The lowest BCUT2D eigenvalue weighted by molar-refractivity contribution is -0.159. The van der Waals surface area contributed by atoms with Crippen molar-refractivity contribution in [3.05, 3.63) is 35.4 Å². The molecule has 0 bridgehead atoms. The van der Waals surface area contributed by atoms with Gasteiger partial charge in [0.05, 0.1) is 11.1 Å². The smallest absolute Gasteiger partial charge is 0.262 e. The summed E-state index contributed by atoms with van der Waals surface area (Å²) in [4.78, 5) is 55.0. The molecule has 0 radical (unpaired) electrons. The standard InChI is InChI=1S/C18H19N3O4S/c1-18(2)12(16(25)19(3)4)21-15(24)11(17(21)26-18)20-13(22)9-7-5-6-8-10(9)14(20)23/h5-8,11-12,17H,1-4H3/t11-,12+,17-/m1/s1. The second-order valence-corrected chi connectivity index (χ2v) is 9.23. The van der Waals surface area contributed by atoms with Crippen molar-refractivity contribution in [1.82, 2.24) is 14.7 Å². The van der Waals surface area contributed by atoms with Gasteiger partial charge in [0.15, 0.2) is 0 Å². The van der Waals surface area contributed by atoms with E-state index in [-0.39, 0.29) is 11.8 Å². The van der Waals surface area contributed by atoms with Crippen LogP contribution in [-0.2, 0) is 9.59 Å². The van der Waals surface area contributed by atoms with Crippen LogP contribution in [0.2, 0.25) is 0 Å². The summed E-state index contributed by atoms with van der Waals surface area (Å²) in [5.41, 5.74) is 0.652. The predicted octanol–water partition coefficient (Wildman–Crippen LogP) is 0.802. The fraction of sp³-hybridized carbons (Fsp3) is 0.444. The van der Waals surface area contributed by atoms with Gasteiger partial charge in [-0.1, -0.05) is 12.1 Å². The number of carbonyl (C=O) groups is 4. The number of hydrogen-bond acceptors (Lipinski definition) is 5. The van der Waals surface area contributed by atoms with E-state index in [1.807, 2.05) is 13.8 Å². The molecular weight excluding hydrogens is 354 g/mol. The van der Waals surface area contributed by atoms with Crippen molar-refractivity contribution in [3.8, 4) is 0 Å². The summed E-state index contributed by atoms with van der Waals surface area (Å²) in [5, 5.41) is -0.395. The number of nitrogens with zero attached hydrogens (tertiary/aromatic N) is 3. The van der Waals surface area contributed by atoms with Crippen molar-refractivity contribution in [2.45, 2.75) is 36.1 Å². The Kier molecular flexibility index (Phi) is 3.50. The van der Waals surface area contributed by atoms with Crippen LogP contribution in [-0.4, -0.2) is 74.6 Å². The van der Waals surface area contributed by atoms with Gasteiger partial charge in [0.1, 0.15) is 17.5 Å². The van der Waals surface area contributed by atoms with Gasteiger partial charge in [0.25, 0.3) is 17.7 Å². The zero-order chi connectivity index (χ0) is 19.0. The van der Waals surface area contributed by atoms with E-state index in [1.165, 1.54) is 21.6 Å². The highest BCUT2D eigenvalue weighted by molar-refractivity contribution is 8.01. The Balaban J connectivity index is 1.67. The molecule has 1 aromatic carbocycles. The largest absolute Gasteiger partial charge is 0.347 e. The van der Waals surface area contributed by atoms with Crippen LogP contribution in [0, 0.1) is 0 Å². The molecule has 0 unspecified atom stereocenters. The summed E-state index contributed by atoms with van der Waals surface area (Å²) in [5.74, 6) is -1.38. The quantitative estimate of drug-likeness (QED) is 0.566. The molecule has 0 N–H and O–H groups in total. The zero-order valence-corrected chi connectivity index (χ0v) is 15.7. The molecule has 3 aliphatic rings. The SMILES string of the molecule is CN(C)C(=O)[C@@H]1N2C(=O)[C@@H](N3C(=O)c4ccccc4C3=O)[C@H]2SC1(C)C. The molecule has 2 saturated heterocycles. The maximum atomic E-state index is 12.9. The van der Waals surface area contributed by atoms with Crippen molar-refractivity contribution in [2.24, 2.45) is 0 Å². The van der Waals surface area contributed by atoms with Crippen LogP contribution in [0.5, 0.6) is 0 Å². The molecule has 26 heavy (non-hydrogen) atoms. The van der Waals surface area contributed by atoms with Crippen molar-refractivity contribution in [3.63, 3.8) is 0 Å². The molecule has 7 nitrogen and oxygen atoms in total. The highest BCUT2D eigenvalue weighted by Crippen LogP contribution is 2.53. The third-order valence-corrected chi connectivity index (χ3v) is 6.75. The monoisotopic (exact) mass is 373 g/mol. The van der Waals surface area contributed by atoms with Gasteiger partial charge >= 0.3 is 0 Å². The minimum absolute atomic E-state index is 0.154. The maximum absolute atomic E-state index is 12.9. The number of amides is 4. The molecule has 3 heterocycles. The van der Waals surface area contributed by atoms with Crippen LogP contribution in [0.15, 0.2) is 24.3 Å². The number of rotatable bonds is 2. The van der Waals surface area contributed by atoms with E-state index >= 15 is 0 Å². The number of β-lactam (4-membered cyclic amide) rings is 1. The summed E-state index contributed by atoms with van der Waals surface area (Å²) >= 11 is 1.46. The van der Waals surface area contributed by atoms with E-state index in [0.29, 0.717) is 11.1 Å². The van der Waals surface area contributed by atoms with Gasteiger partial charge < -0.3 is 9.80 Å².